The summed E-state index contributed by atoms with van der Waals surface area (Å²) in [5, 5.41) is 3.30. The summed E-state index contributed by atoms with van der Waals surface area (Å²) < 4.78 is 10.8. The molecule has 1 N–H and O–H groups in total. The number of guanidine groups is 1. The van der Waals surface area contributed by atoms with Gasteiger partial charge in [0.25, 0.3) is 0 Å². The first-order chi connectivity index (χ1) is 10.2. The predicted molar refractivity (Wildman–Crippen MR) is 87.4 cm³/mol. The maximum atomic E-state index is 5.67. The first-order valence-electron chi connectivity index (χ1n) is 7.40. The number of aliphatic imine (C=N–C) groups is 1. The van der Waals surface area contributed by atoms with Crippen LogP contribution >= 0.6 is 0 Å². The number of unbranched alkanes of at least 4 members (excludes halogenated alkanes) is 1. The van der Waals surface area contributed by atoms with E-state index in [-0.39, 0.29) is 0 Å². The fourth-order valence-corrected chi connectivity index (χ4v) is 1.89. The van der Waals surface area contributed by atoms with Crippen LogP contribution in [0.5, 0.6) is 11.5 Å². The molecule has 0 aliphatic carbocycles. The molecular weight excluding hydrogens is 266 g/mol. The Morgan fingerprint density at radius 2 is 1.90 bits per heavy atom. The van der Waals surface area contributed by atoms with E-state index < -0.39 is 0 Å². The Balaban J connectivity index is 2.28. The van der Waals surface area contributed by atoms with Gasteiger partial charge < -0.3 is 19.7 Å². The number of nitrogens with zero attached hydrogens (tertiary/aromatic N) is 2. The van der Waals surface area contributed by atoms with Crippen molar-refractivity contribution in [1.29, 1.82) is 0 Å². The van der Waals surface area contributed by atoms with E-state index in [2.05, 4.69) is 29.2 Å². The Kier molecular flexibility index (Phi) is 8.09. The first-order valence-corrected chi connectivity index (χ1v) is 7.40. The van der Waals surface area contributed by atoms with Gasteiger partial charge in [-0.2, -0.15) is 0 Å². The molecule has 0 unspecified atom stereocenters. The van der Waals surface area contributed by atoms with Crippen molar-refractivity contribution in [2.24, 2.45) is 4.99 Å². The van der Waals surface area contributed by atoms with Gasteiger partial charge in [-0.25, -0.2) is 0 Å². The molecule has 0 radical (unpaired) electrons. The molecule has 0 aliphatic heterocycles. The van der Waals surface area contributed by atoms with Crippen LogP contribution in [0.25, 0.3) is 0 Å². The molecule has 0 spiro atoms. The highest BCUT2D eigenvalue weighted by Crippen LogP contribution is 2.16. The predicted octanol–water partition coefficient (Wildman–Crippen LogP) is 2.38. The maximum absolute atomic E-state index is 5.67. The summed E-state index contributed by atoms with van der Waals surface area (Å²) in [6.45, 7) is 4.50. The Hall–Kier alpha value is -1.91. The second-order valence-corrected chi connectivity index (χ2v) is 4.77. The molecule has 0 aromatic heterocycles. The molecule has 0 heterocycles. The number of benzene rings is 1. The molecule has 0 atom stereocenters. The summed E-state index contributed by atoms with van der Waals surface area (Å²) in [5.74, 6) is 2.58. The largest absolute Gasteiger partial charge is 0.497 e. The van der Waals surface area contributed by atoms with Crippen LogP contribution in [0.3, 0.4) is 0 Å². The zero-order valence-corrected chi connectivity index (χ0v) is 13.6. The SMILES string of the molecule is CCCCN(C)C(=NC)NCCOc1ccc(OC)cc1. The van der Waals surface area contributed by atoms with Gasteiger partial charge in [0, 0.05) is 20.6 Å². The van der Waals surface area contributed by atoms with E-state index in [9.17, 15) is 0 Å². The lowest BCUT2D eigenvalue weighted by Crippen LogP contribution is -2.41. The number of methoxy groups -OCH3 is 1. The Bertz CT molecular complexity index is 418. The summed E-state index contributed by atoms with van der Waals surface area (Å²) in [5.41, 5.74) is 0. The summed E-state index contributed by atoms with van der Waals surface area (Å²) in [6.07, 6.45) is 2.35. The van der Waals surface area contributed by atoms with Gasteiger partial charge in [0.1, 0.15) is 18.1 Å². The molecule has 0 saturated carbocycles. The molecule has 1 aromatic carbocycles. The molecule has 1 rings (SSSR count). The summed E-state index contributed by atoms with van der Waals surface area (Å²) >= 11 is 0. The highest BCUT2D eigenvalue weighted by molar-refractivity contribution is 5.79. The van der Waals surface area contributed by atoms with Gasteiger partial charge in [-0.05, 0) is 30.7 Å². The zero-order chi connectivity index (χ0) is 15.5. The Labute approximate surface area is 128 Å². The van der Waals surface area contributed by atoms with E-state index in [0.29, 0.717) is 6.61 Å². The van der Waals surface area contributed by atoms with Crippen molar-refractivity contribution in [3.8, 4) is 11.5 Å². The van der Waals surface area contributed by atoms with E-state index >= 15 is 0 Å². The molecule has 5 heteroatoms. The average Bonchev–Trinajstić information content (AvgIpc) is 2.53. The molecule has 0 bridgehead atoms. The average molecular weight is 293 g/mol. The molecule has 21 heavy (non-hydrogen) atoms. The van der Waals surface area contributed by atoms with Crippen LogP contribution in [0.4, 0.5) is 0 Å². The maximum Gasteiger partial charge on any atom is 0.193 e. The molecule has 118 valence electrons. The summed E-state index contributed by atoms with van der Waals surface area (Å²) in [6, 6.07) is 7.59. The number of ether oxygens (including phenoxy) is 2. The van der Waals surface area contributed by atoms with Crippen molar-refractivity contribution in [1.82, 2.24) is 10.2 Å². The van der Waals surface area contributed by atoms with Crippen LogP contribution in [0.15, 0.2) is 29.3 Å². The van der Waals surface area contributed by atoms with Crippen molar-refractivity contribution in [2.75, 3.05) is 40.9 Å². The highest BCUT2D eigenvalue weighted by atomic mass is 16.5. The molecule has 0 aliphatic rings. The van der Waals surface area contributed by atoms with E-state index in [1.54, 1.807) is 14.2 Å². The second-order valence-electron chi connectivity index (χ2n) is 4.77. The summed E-state index contributed by atoms with van der Waals surface area (Å²) in [4.78, 5) is 6.40. The van der Waals surface area contributed by atoms with Crippen molar-refractivity contribution >= 4 is 5.96 Å². The minimum atomic E-state index is 0.590. The third-order valence-electron chi connectivity index (χ3n) is 3.13. The summed E-state index contributed by atoms with van der Waals surface area (Å²) in [7, 11) is 5.50. The number of hydrogen-bond donors (Lipinski definition) is 1. The van der Waals surface area contributed by atoms with E-state index in [4.69, 9.17) is 9.47 Å². The van der Waals surface area contributed by atoms with Crippen LogP contribution in [0.2, 0.25) is 0 Å². The van der Waals surface area contributed by atoms with Gasteiger partial charge in [-0.3, -0.25) is 4.99 Å². The fourth-order valence-electron chi connectivity index (χ4n) is 1.89. The third kappa shape index (κ3) is 6.38. The monoisotopic (exact) mass is 293 g/mol. The molecular formula is C16H27N3O2. The lowest BCUT2D eigenvalue weighted by atomic mass is 10.3. The van der Waals surface area contributed by atoms with Gasteiger partial charge in [0.15, 0.2) is 5.96 Å². The Morgan fingerprint density at radius 3 is 2.48 bits per heavy atom. The van der Waals surface area contributed by atoms with E-state index in [1.807, 2.05) is 24.3 Å². The normalized spacial score (nSPS) is 11.1. The Morgan fingerprint density at radius 1 is 1.24 bits per heavy atom. The molecule has 1 aromatic rings. The van der Waals surface area contributed by atoms with E-state index in [0.717, 1.165) is 30.5 Å². The molecule has 0 saturated heterocycles. The second kappa shape index (κ2) is 9.91. The molecule has 0 fully saturated rings. The quantitative estimate of drug-likeness (QED) is 0.454. The van der Waals surface area contributed by atoms with Gasteiger partial charge in [-0.15, -0.1) is 0 Å². The van der Waals surface area contributed by atoms with Gasteiger partial charge in [0.2, 0.25) is 0 Å². The lowest BCUT2D eigenvalue weighted by molar-refractivity contribution is 0.318. The fraction of sp³-hybridized carbons (Fsp3) is 0.562. The van der Waals surface area contributed by atoms with Crippen LogP contribution in [-0.2, 0) is 0 Å². The van der Waals surface area contributed by atoms with Crippen molar-refractivity contribution in [3.63, 3.8) is 0 Å². The van der Waals surface area contributed by atoms with Gasteiger partial charge >= 0.3 is 0 Å². The van der Waals surface area contributed by atoms with Crippen LogP contribution < -0.4 is 14.8 Å². The standard InChI is InChI=1S/C16H27N3O2/c1-5-6-12-19(3)16(17-2)18-11-13-21-15-9-7-14(20-4)8-10-15/h7-10H,5-6,11-13H2,1-4H3,(H,17,18). The molecule has 0 amide bonds. The minimum Gasteiger partial charge on any atom is -0.497 e. The van der Waals surface area contributed by atoms with Crippen molar-refractivity contribution in [2.45, 2.75) is 19.8 Å². The van der Waals surface area contributed by atoms with Crippen LogP contribution in [-0.4, -0.2) is 51.8 Å². The first kappa shape index (κ1) is 17.1. The van der Waals surface area contributed by atoms with Crippen LogP contribution in [0.1, 0.15) is 19.8 Å². The minimum absolute atomic E-state index is 0.590. The lowest BCUT2D eigenvalue weighted by Gasteiger charge is -2.21. The van der Waals surface area contributed by atoms with Crippen molar-refractivity contribution < 1.29 is 9.47 Å². The number of rotatable bonds is 8. The highest BCUT2D eigenvalue weighted by Gasteiger charge is 2.04. The van der Waals surface area contributed by atoms with E-state index in [1.165, 1.54) is 12.8 Å². The topological polar surface area (TPSA) is 46.1 Å². The third-order valence-corrected chi connectivity index (χ3v) is 3.13. The smallest absolute Gasteiger partial charge is 0.193 e. The van der Waals surface area contributed by atoms with Gasteiger partial charge in [-0.1, -0.05) is 13.3 Å². The number of hydrogen-bond acceptors (Lipinski definition) is 3. The van der Waals surface area contributed by atoms with Gasteiger partial charge in [0.05, 0.1) is 13.7 Å². The molecule has 5 nitrogen and oxygen atoms in total. The number of nitrogens with one attached hydrogen (secondary N) is 1. The zero-order valence-electron chi connectivity index (χ0n) is 13.6. The van der Waals surface area contributed by atoms with Crippen molar-refractivity contribution in [3.05, 3.63) is 24.3 Å². The van der Waals surface area contributed by atoms with Crippen LogP contribution in [0, 0.1) is 0 Å².